The molecule has 0 aliphatic carbocycles. The molecule has 8 nitrogen and oxygen atoms in total. The molecule has 0 fully saturated rings. The molecule has 0 spiro atoms. The maximum Gasteiger partial charge on any atom is 0.243 e. The van der Waals surface area contributed by atoms with Crippen LogP contribution in [-0.4, -0.2) is 58.1 Å². The van der Waals surface area contributed by atoms with E-state index in [9.17, 15) is 24.0 Å². The van der Waals surface area contributed by atoms with E-state index >= 15 is 0 Å². The molecule has 188 valence electrons. The van der Waals surface area contributed by atoms with Crippen LogP contribution in [0.5, 0.6) is 0 Å². The molecule has 0 saturated heterocycles. The Kier molecular flexibility index (Phi) is 13.6. The van der Waals surface area contributed by atoms with E-state index in [1.807, 2.05) is 44.2 Å². The van der Waals surface area contributed by atoms with Gasteiger partial charge in [-0.3, -0.25) is 24.0 Å². The number of amides is 3. The number of nitrogens with one attached hydrogen (secondary N) is 3. The van der Waals surface area contributed by atoms with Crippen LogP contribution in [0, 0.1) is 5.92 Å². The molecular weight excluding hydrogens is 474 g/mol. The van der Waals surface area contributed by atoms with Gasteiger partial charge in [0, 0.05) is 33.1 Å². The van der Waals surface area contributed by atoms with Crippen LogP contribution in [0.2, 0.25) is 0 Å². The van der Waals surface area contributed by atoms with Crippen molar-refractivity contribution in [1.82, 2.24) is 16.0 Å². The summed E-state index contributed by atoms with van der Waals surface area (Å²) in [5.74, 6) is -0.750. The second-order valence-corrected chi connectivity index (χ2v) is 10.9. The summed E-state index contributed by atoms with van der Waals surface area (Å²) in [6, 6.07) is 7.66. The fourth-order valence-corrected chi connectivity index (χ4v) is 4.83. The number of benzene rings is 1. The summed E-state index contributed by atoms with van der Waals surface area (Å²) in [7, 11) is 1.50. The van der Waals surface area contributed by atoms with E-state index in [1.54, 1.807) is 0 Å². The Hall–Kier alpha value is -2.33. The van der Waals surface area contributed by atoms with Crippen molar-refractivity contribution in [2.75, 3.05) is 12.8 Å². The van der Waals surface area contributed by atoms with Crippen LogP contribution < -0.4 is 16.0 Å². The largest absolute Gasteiger partial charge is 0.357 e. The standard InChI is InChI=1S/C24H35N3O5S2/c1-15(2)13-19(27-24(32)21(34-17(4)29)11-12-33-16(3)28)23(31)26-20(22(30)25-5)14-18-9-7-6-8-10-18/h6-10,15,19-21H,11-14H2,1-5H3,(H,25,30)(H,26,31)(H,27,32)/t19-,20-,21?/m0/s1. The predicted molar refractivity (Wildman–Crippen MR) is 137 cm³/mol. The third-order valence-electron chi connectivity index (χ3n) is 4.79. The van der Waals surface area contributed by atoms with Gasteiger partial charge < -0.3 is 16.0 Å². The molecule has 1 rings (SSSR count). The maximum absolute atomic E-state index is 13.2. The van der Waals surface area contributed by atoms with E-state index in [1.165, 1.54) is 20.9 Å². The first-order valence-electron chi connectivity index (χ1n) is 11.2. The van der Waals surface area contributed by atoms with E-state index in [-0.39, 0.29) is 22.1 Å². The lowest BCUT2D eigenvalue weighted by Gasteiger charge is -2.25. The molecule has 0 aromatic heterocycles. The van der Waals surface area contributed by atoms with Crippen molar-refractivity contribution in [2.45, 2.75) is 64.3 Å². The van der Waals surface area contributed by atoms with Gasteiger partial charge >= 0.3 is 0 Å². The quantitative estimate of drug-likeness (QED) is 0.373. The Morgan fingerprint density at radius 2 is 1.47 bits per heavy atom. The number of hydrogen-bond donors (Lipinski definition) is 3. The second-order valence-electron chi connectivity index (χ2n) is 8.28. The van der Waals surface area contributed by atoms with Crippen molar-refractivity contribution in [2.24, 2.45) is 5.92 Å². The Labute approximate surface area is 210 Å². The third kappa shape index (κ3) is 11.7. The van der Waals surface area contributed by atoms with E-state index in [0.29, 0.717) is 25.0 Å². The lowest BCUT2D eigenvalue weighted by Crippen LogP contribution is -2.55. The first-order valence-corrected chi connectivity index (χ1v) is 13.1. The van der Waals surface area contributed by atoms with Crippen LogP contribution in [0.15, 0.2) is 30.3 Å². The molecule has 10 heteroatoms. The van der Waals surface area contributed by atoms with Gasteiger partial charge in [0.25, 0.3) is 0 Å². The number of carbonyl (C=O) groups is 5. The fourth-order valence-electron chi connectivity index (χ4n) is 3.23. The van der Waals surface area contributed by atoms with E-state index in [0.717, 1.165) is 29.1 Å². The third-order valence-corrected chi connectivity index (χ3v) is 6.70. The molecule has 3 atom stereocenters. The van der Waals surface area contributed by atoms with Crippen LogP contribution in [0.4, 0.5) is 0 Å². The van der Waals surface area contributed by atoms with Crippen molar-refractivity contribution in [3.05, 3.63) is 35.9 Å². The summed E-state index contributed by atoms with van der Waals surface area (Å²) in [6.45, 7) is 6.67. The van der Waals surface area contributed by atoms with Crippen LogP contribution in [0.3, 0.4) is 0 Å². The minimum atomic E-state index is -0.869. The number of thioether (sulfide) groups is 2. The molecule has 3 amide bonds. The summed E-state index contributed by atoms with van der Waals surface area (Å²) >= 11 is 1.97. The first-order chi connectivity index (χ1) is 16.0. The fraction of sp³-hybridized carbons (Fsp3) is 0.542. The zero-order valence-corrected chi connectivity index (χ0v) is 22.0. The molecule has 0 radical (unpaired) electrons. The highest BCUT2D eigenvalue weighted by atomic mass is 32.2. The zero-order chi connectivity index (χ0) is 25.7. The highest BCUT2D eigenvalue weighted by molar-refractivity contribution is 8.15. The van der Waals surface area contributed by atoms with Crippen molar-refractivity contribution < 1.29 is 24.0 Å². The average molecular weight is 510 g/mol. The SMILES string of the molecule is CNC(=O)[C@H](Cc1ccccc1)NC(=O)[C@H](CC(C)C)NC(=O)C(CCSC(C)=O)SC(C)=O. The van der Waals surface area contributed by atoms with Gasteiger partial charge in [0.2, 0.25) is 17.7 Å². The molecule has 34 heavy (non-hydrogen) atoms. The van der Waals surface area contributed by atoms with Crippen LogP contribution in [-0.2, 0) is 30.4 Å². The van der Waals surface area contributed by atoms with Gasteiger partial charge in [0.1, 0.15) is 12.1 Å². The predicted octanol–water partition coefficient (Wildman–Crippen LogP) is 2.31. The topological polar surface area (TPSA) is 121 Å². The molecule has 0 saturated carbocycles. The molecule has 1 unspecified atom stereocenters. The molecule has 0 aliphatic rings. The molecule has 1 aromatic carbocycles. The van der Waals surface area contributed by atoms with Crippen molar-refractivity contribution in [3.63, 3.8) is 0 Å². The minimum absolute atomic E-state index is 0.0669. The monoisotopic (exact) mass is 509 g/mol. The van der Waals surface area contributed by atoms with Gasteiger partial charge in [0.15, 0.2) is 10.2 Å². The average Bonchev–Trinajstić information content (AvgIpc) is 2.76. The first kappa shape index (κ1) is 29.7. The second kappa shape index (κ2) is 15.5. The molecule has 3 N–H and O–H groups in total. The minimum Gasteiger partial charge on any atom is -0.357 e. The summed E-state index contributed by atoms with van der Waals surface area (Å²) in [4.78, 5) is 61.5. The maximum atomic E-state index is 13.2. The Balaban J connectivity index is 2.97. The van der Waals surface area contributed by atoms with Gasteiger partial charge in [-0.15, -0.1) is 0 Å². The lowest BCUT2D eigenvalue weighted by atomic mass is 10.0. The van der Waals surface area contributed by atoms with Crippen molar-refractivity contribution in [1.29, 1.82) is 0 Å². The normalized spacial score (nSPS) is 13.5. The van der Waals surface area contributed by atoms with E-state index in [4.69, 9.17) is 0 Å². The Morgan fingerprint density at radius 1 is 0.853 bits per heavy atom. The number of likely N-dealkylation sites (N-methyl/N-ethyl adjacent to an activating group) is 1. The molecule has 1 aromatic rings. The number of hydrogen-bond acceptors (Lipinski definition) is 7. The summed E-state index contributed by atoms with van der Waals surface area (Å²) < 4.78 is 0. The van der Waals surface area contributed by atoms with E-state index < -0.39 is 29.1 Å². The van der Waals surface area contributed by atoms with Crippen molar-refractivity contribution >= 4 is 51.5 Å². The van der Waals surface area contributed by atoms with Crippen LogP contribution >= 0.6 is 23.5 Å². The van der Waals surface area contributed by atoms with Gasteiger partial charge in [-0.1, -0.05) is 67.7 Å². The van der Waals surface area contributed by atoms with Gasteiger partial charge in [-0.2, -0.15) is 0 Å². The lowest BCUT2D eigenvalue weighted by molar-refractivity contribution is -0.132. The molecule has 0 aliphatic heterocycles. The van der Waals surface area contributed by atoms with Gasteiger partial charge in [-0.05, 0) is 24.3 Å². The van der Waals surface area contributed by atoms with Crippen molar-refractivity contribution in [3.8, 4) is 0 Å². The molecule has 0 bridgehead atoms. The van der Waals surface area contributed by atoms with Crippen LogP contribution in [0.1, 0.15) is 46.1 Å². The van der Waals surface area contributed by atoms with Crippen LogP contribution in [0.25, 0.3) is 0 Å². The number of carbonyl (C=O) groups excluding carboxylic acids is 5. The smallest absolute Gasteiger partial charge is 0.243 e. The Bertz CT molecular complexity index is 848. The summed E-state index contributed by atoms with van der Waals surface area (Å²) in [5.41, 5.74) is 0.890. The highest BCUT2D eigenvalue weighted by Gasteiger charge is 2.30. The van der Waals surface area contributed by atoms with E-state index in [2.05, 4.69) is 16.0 Å². The number of rotatable bonds is 13. The molecular formula is C24H35N3O5S2. The summed E-state index contributed by atoms with van der Waals surface area (Å²) in [6.07, 6.45) is 0.980. The zero-order valence-electron chi connectivity index (χ0n) is 20.4. The van der Waals surface area contributed by atoms with Gasteiger partial charge in [-0.25, -0.2) is 0 Å². The molecule has 0 heterocycles. The Morgan fingerprint density at radius 3 is 2.00 bits per heavy atom. The highest BCUT2D eigenvalue weighted by Crippen LogP contribution is 2.20. The summed E-state index contributed by atoms with van der Waals surface area (Å²) in [5, 5.41) is 7.11. The van der Waals surface area contributed by atoms with Gasteiger partial charge in [0.05, 0.1) is 5.25 Å².